The van der Waals surface area contributed by atoms with Gasteiger partial charge >= 0.3 is 36.4 Å². The molecule has 0 aliphatic carbocycles. The van der Waals surface area contributed by atoms with Crippen molar-refractivity contribution in [2.75, 3.05) is 6.54 Å². The molecule has 0 aromatic rings. The Hall–Kier alpha value is -0.0100. The monoisotopic (exact) mass is 466 g/mol. The SMILES string of the molecule is CCN(C(P(=O)(O)O)P(=O)(O)O)C(C(N)C(=O)O)(P(=O)(O)O)P(=O)(O)O. The number of nitrogens with two attached hydrogens (primary N) is 1. The van der Waals surface area contributed by atoms with Crippen LogP contribution in [-0.2, 0) is 23.1 Å². The molecule has 20 heteroatoms. The Morgan fingerprint density at radius 3 is 1.38 bits per heavy atom. The molecule has 0 saturated heterocycles. The zero-order chi connectivity index (χ0) is 21.5. The molecule has 26 heavy (non-hydrogen) atoms. The fourth-order valence-corrected chi connectivity index (χ4v) is 9.17. The molecule has 0 spiro atoms. The summed E-state index contributed by atoms with van der Waals surface area (Å²) in [5.74, 6) is -2.43. The number of carboxylic acids is 1. The van der Waals surface area contributed by atoms with Crippen molar-refractivity contribution in [3.05, 3.63) is 0 Å². The molecule has 0 fully saturated rings. The van der Waals surface area contributed by atoms with Crippen LogP contribution >= 0.6 is 30.4 Å². The Balaban J connectivity index is 7.41. The summed E-state index contributed by atoms with van der Waals surface area (Å²) in [6.45, 7) is -0.467. The van der Waals surface area contributed by atoms with Gasteiger partial charge in [0.1, 0.15) is 6.04 Å². The van der Waals surface area contributed by atoms with Gasteiger partial charge < -0.3 is 50.0 Å². The quantitative estimate of drug-likeness (QED) is 0.155. The number of hydrogen-bond acceptors (Lipinski definition) is 7. The molecule has 0 amide bonds. The van der Waals surface area contributed by atoms with Crippen molar-refractivity contribution in [3.63, 3.8) is 0 Å². The molecule has 0 aromatic heterocycles. The molecule has 0 saturated carbocycles. The lowest BCUT2D eigenvalue weighted by Gasteiger charge is -2.47. The van der Waals surface area contributed by atoms with Gasteiger partial charge in [0.05, 0.1) is 0 Å². The lowest BCUT2D eigenvalue weighted by molar-refractivity contribution is -0.140. The van der Waals surface area contributed by atoms with Gasteiger partial charge in [0.15, 0.2) is 0 Å². The highest BCUT2D eigenvalue weighted by atomic mass is 31.2. The van der Waals surface area contributed by atoms with E-state index in [1.807, 2.05) is 0 Å². The van der Waals surface area contributed by atoms with E-state index >= 15 is 0 Å². The second-order valence-corrected chi connectivity index (χ2v) is 12.5. The van der Waals surface area contributed by atoms with E-state index in [4.69, 9.17) is 10.8 Å². The van der Waals surface area contributed by atoms with Gasteiger partial charge in [-0.3, -0.25) is 28.0 Å². The molecule has 0 aromatic carbocycles. The van der Waals surface area contributed by atoms with Crippen molar-refractivity contribution in [2.45, 2.75) is 23.5 Å². The number of carboxylic acid groups (broad SMARTS) is 1. The second kappa shape index (κ2) is 7.78. The lowest BCUT2D eigenvalue weighted by Crippen LogP contribution is -2.64. The molecule has 0 aliphatic heterocycles. The Kier molecular flexibility index (Phi) is 7.78. The maximum Gasteiger partial charge on any atom is 0.360 e. The molecule has 156 valence electrons. The largest absolute Gasteiger partial charge is 0.480 e. The van der Waals surface area contributed by atoms with Crippen LogP contribution in [0.3, 0.4) is 0 Å². The van der Waals surface area contributed by atoms with Gasteiger partial charge in [-0.25, -0.2) is 0 Å². The van der Waals surface area contributed by atoms with E-state index in [-0.39, 0.29) is 0 Å². The highest BCUT2D eigenvalue weighted by Gasteiger charge is 2.73. The summed E-state index contributed by atoms with van der Waals surface area (Å²) in [7, 11) is -25.0. The summed E-state index contributed by atoms with van der Waals surface area (Å²) in [5.41, 5.74) is 1.54. The molecule has 0 rings (SSSR count). The average Bonchev–Trinajstić information content (AvgIpc) is 2.30. The first kappa shape index (κ1) is 26.0. The third kappa shape index (κ3) is 4.69. The van der Waals surface area contributed by atoms with Crippen LogP contribution in [0.15, 0.2) is 0 Å². The van der Waals surface area contributed by atoms with E-state index in [0.29, 0.717) is 0 Å². The van der Waals surface area contributed by atoms with Crippen LogP contribution < -0.4 is 5.73 Å². The van der Waals surface area contributed by atoms with Gasteiger partial charge in [0.25, 0.3) is 5.02 Å². The van der Waals surface area contributed by atoms with Crippen molar-refractivity contribution in [1.29, 1.82) is 0 Å². The van der Waals surface area contributed by atoms with E-state index in [1.54, 1.807) is 0 Å². The summed E-state index contributed by atoms with van der Waals surface area (Å²) < 4.78 is 46.9. The number of nitrogens with zero attached hydrogens (tertiary/aromatic N) is 1. The smallest absolute Gasteiger partial charge is 0.360 e. The predicted octanol–water partition coefficient (Wildman–Crippen LogP) is -2.63. The normalized spacial score (nSPS) is 16.2. The van der Waals surface area contributed by atoms with Gasteiger partial charge in [-0.2, -0.15) is 0 Å². The predicted molar refractivity (Wildman–Crippen MR) is 82.7 cm³/mol. The van der Waals surface area contributed by atoms with Crippen molar-refractivity contribution in [3.8, 4) is 0 Å². The molecular weight excluding hydrogens is 448 g/mol. The molecule has 1 unspecified atom stereocenters. The number of likely N-dealkylation sites (N-methyl/N-ethyl adjacent to an activating group) is 1. The minimum Gasteiger partial charge on any atom is -0.480 e. The lowest BCUT2D eigenvalue weighted by atomic mass is 10.3. The molecule has 0 aliphatic rings. The molecule has 0 heterocycles. The maximum atomic E-state index is 11.9. The van der Waals surface area contributed by atoms with Crippen LogP contribution in [0.4, 0.5) is 0 Å². The summed E-state index contributed by atoms with van der Waals surface area (Å²) in [6, 6.07) is -3.20. The van der Waals surface area contributed by atoms with Gasteiger partial charge in [0, 0.05) is 0 Å². The van der Waals surface area contributed by atoms with Crippen LogP contribution in [0, 0.1) is 0 Å². The minimum absolute atomic E-state index is 0.630. The van der Waals surface area contributed by atoms with Crippen molar-refractivity contribution in [1.82, 2.24) is 4.90 Å². The fourth-order valence-electron chi connectivity index (χ4n) is 2.34. The van der Waals surface area contributed by atoms with E-state index in [0.717, 1.165) is 6.92 Å². The first-order valence-corrected chi connectivity index (χ1v) is 12.7. The van der Waals surface area contributed by atoms with E-state index < -0.39 is 64.4 Å². The molecule has 16 nitrogen and oxygen atoms in total. The zero-order valence-corrected chi connectivity index (χ0v) is 16.3. The summed E-state index contributed by atoms with van der Waals surface area (Å²) in [4.78, 5) is 85.3. The van der Waals surface area contributed by atoms with Crippen LogP contribution in [-0.4, -0.2) is 78.3 Å². The standard InChI is InChI=1S/C6H18N2O14P4/c1-2-8(5(23(11,12)13)24(14,15)16)6(25(17,18)19,26(20,21)22)3(7)4(9)10/h3,5H,2,7H2,1H3,(H,9,10)(H2,11,12,13)(H2,14,15,16)(H2,17,18,19)(H2,20,21,22). The number of hydrogen-bond donors (Lipinski definition) is 10. The molecule has 0 bridgehead atoms. The highest BCUT2D eigenvalue weighted by molar-refractivity contribution is 7.73. The topological polar surface area (TPSA) is 297 Å². The third-order valence-electron chi connectivity index (χ3n) is 3.18. The van der Waals surface area contributed by atoms with Gasteiger partial charge in [-0.05, 0) is 6.54 Å². The van der Waals surface area contributed by atoms with E-state index in [2.05, 4.69) is 0 Å². The summed E-state index contributed by atoms with van der Waals surface area (Å²) in [6.07, 6.45) is 0. The zero-order valence-electron chi connectivity index (χ0n) is 12.7. The number of carbonyl (C=O) groups is 1. The number of rotatable bonds is 9. The van der Waals surface area contributed by atoms with Gasteiger partial charge in [-0.15, -0.1) is 0 Å². The van der Waals surface area contributed by atoms with Gasteiger partial charge in [-0.1, -0.05) is 6.92 Å². The Labute approximate surface area is 145 Å². The van der Waals surface area contributed by atoms with Crippen LogP contribution in [0.25, 0.3) is 0 Å². The summed E-state index contributed by atoms with van der Waals surface area (Å²) in [5, 5.41) is 4.57. The van der Waals surface area contributed by atoms with Crippen molar-refractivity contribution in [2.24, 2.45) is 5.73 Å². The van der Waals surface area contributed by atoms with Gasteiger partial charge in [0.2, 0.25) is 5.52 Å². The second-order valence-electron chi connectivity index (χ2n) is 4.90. The Morgan fingerprint density at radius 1 is 0.923 bits per heavy atom. The van der Waals surface area contributed by atoms with Crippen molar-refractivity contribution < 1.29 is 67.3 Å². The first-order chi connectivity index (χ1) is 11.2. The fraction of sp³-hybridized carbons (Fsp3) is 0.833. The van der Waals surface area contributed by atoms with Crippen LogP contribution in [0.2, 0.25) is 0 Å². The third-order valence-corrected chi connectivity index (χ3v) is 11.1. The Morgan fingerprint density at radius 2 is 1.23 bits per heavy atom. The average molecular weight is 466 g/mol. The number of aliphatic carboxylic acids is 1. The van der Waals surface area contributed by atoms with Crippen molar-refractivity contribution >= 4 is 36.4 Å². The van der Waals surface area contributed by atoms with E-state index in [9.17, 15) is 62.2 Å². The van der Waals surface area contributed by atoms with E-state index in [1.165, 1.54) is 0 Å². The van der Waals surface area contributed by atoms with Crippen LogP contribution in [0.5, 0.6) is 0 Å². The molecule has 1 atom stereocenters. The minimum atomic E-state index is -6.43. The highest BCUT2D eigenvalue weighted by Crippen LogP contribution is 2.75. The molecular formula is C6H18N2O14P4. The first-order valence-electron chi connectivity index (χ1n) is 6.14. The summed E-state index contributed by atoms with van der Waals surface area (Å²) >= 11 is 0. The maximum absolute atomic E-state index is 11.9. The molecule has 0 radical (unpaired) electrons. The molecule has 11 N–H and O–H groups in total. The van der Waals surface area contributed by atoms with Crippen LogP contribution in [0.1, 0.15) is 6.92 Å². The Bertz CT molecular complexity index is 684.